The molecule has 6 heteroatoms. The number of rotatable bonds is 4. The Morgan fingerprint density at radius 3 is 2.17 bits per heavy atom. The van der Waals surface area contributed by atoms with E-state index in [0.29, 0.717) is 25.7 Å². The number of hydrogen-bond acceptors (Lipinski definition) is 4. The maximum atomic E-state index is 12.2. The number of nitrogens with two attached hydrogens (primary N) is 1. The smallest absolute Gasteiger partial charge is 0.242 e. The molecule has 132 valence electrons. The van der Waals surface area contributed by atoms with Crippen molar-refractivity contribution in [1.82, 2.24) is 15.1 Å². The molecule has 0 spiro atoms. The highest BCUT2D eigenvalue weighted by Crippen LogP contribution is 2.23. The zero-order chi connectivity index (χ0) is 17.0. The van der Waals surface area contributed by atoms with Gasteiger partial charge in [0.15, 0.2) is 0 Å². The summed E-state index contributed by atoms with van der Waals surface area (Å²) in [6.07, 6.45) is 4.61. The van der Waals surface area contributed by atoms with Gasteiger partial charge >= 0.3 is 0 Å². The van der Waals surface area contributed by atoms with Gasteiger partial charge in [0.05, 0.1) is 12.1 Å². The summed E-state index contributed by atoms with van der Waals surface area (Å²) >= 11 is 0. The number of nitrogens with zero attached hydrogens (tertiary/aromatic N) is 2. The van der Waals surface area contributed by atoms with Crippen LogP contribution in [0, 0.1) is 5.92 Å². The number of nitrogens with one attached hydrogen (secondary N) is 1. The highest BCUT2D eigenvalue weighted by molar-refractivity contribution is 5.85. The van der Waals surface area contributed by atoms with Crippen LogP contribution in [-0.4, -0.2) is 65.9 Å². The molecule has 0 aromatic heterocycles. The zero-order valence-electron chi connectivity index (χ0n) is 14.8. The fourth-order valence-electron chi connectivity index (χ4n) is 3.40. The Labute approximate surface area is 139 Å². The molecule has 2 amide bonds. The van der Waals surface area contributed by atoms with Gasteiger partial charge in [-0.2, -0.15) is 0 Å². The van der Waals surface area contributed by atoms with Crippen LogP contribution in [0.4, 0.5) is 0 Å². The second kappa shape index (κ2) is 7.62. The molecular weight excluding hydrogens is 292 g/mol. The third kappa shape index (κ3) is 5.46. The van der Waals surface area contributed by atoms with E-state index in [9.17, 15) is 9.59 Å². The number of amides is 2. The molecule has 0 radical (unpaired) electrons. The number of carbonyl (C=O) groups excluding carboxylic acids is 2. The Balaban J connectivity index is 1.69. The van der Waals surface area contributed by atoms with E-state index in [1.165, 1.54) is 12.8 Å². The van der Waals surface area contributed by atoms with Crippen molar-refractivity contribution >= 4 is 11.8 Å². The molecule has 2 aliphatic rings. The van der Waals surface area contributed by atoms with Crippen LogP contribution < -0.4 is 11.1 Å². The van der Waals surface area contributed by atoms with E-state index in [2.05, 4.69) is 17.1 Å². The summed E-state index contributed by atoms with van der Waals surface area (Å²) in [6, 6.07) is 0.347. The number of carbonyl (C=O) groups is 2. The minimum absolute atomic E-state index is 0.0158. The van der Waals surface area contributed by atoms with Crippen molar-refractivity contribution in [2.24, 2.45) is 11.7 Å². The molecule has 1 saturated heterocycles. The molecule has 1 aliphatic heterocycles. The Kier molecular flexibility index (Phi) is 6.03. The normalized spacial score (nSPS) is 26.9. The van der Waals surface area contributed by atoms with Gasteiger partial charge < -0.3 is 16.0 Å². The summed E-state index contributed by atoms with van der Waals surface area (Å²) < 4.78 is 0. The van der Waals surface area contributed by atoms with E-state index in [4.69, 9.17) is 5.73 Å². The van der Waals surface area contributed by atoms with Crippen LogP contribution in [-0.2, 0) is 9.59 Å². The van der Waals surface area contributed by atoms with Gasteiger partial charge in [0.1, 0.15) is 0 Å². The standard InChI is InChI=1S/C17H32N4O2/c1-13-4-6-14(7-5-13)19-15(22)12-20-8-10-21(11-9-20)16(23)17(2,3)18/h13-14H,4-12,18H2,1-3H3,(H,19,22). The van der Waals surface area contributed by atoms with Gasteiger partial charge in [0, 0.05) is 32.2 Å². The average Bonchev–Trinajstić information content (AvgIpc) is 2.49. The first kappa shape index (κ1) is 18.2. The van der Waals surface area contributed by atoms with E-state index in [1.807, 2.05) is 0 Å². The topological polar surface area (TPSA) is 78.7 Å². The summed E-state index contributed by atoms with van der Waals surface area (Å²) in [6.45, 7) is 8.94. The largest absolute Gasteiger partial charge is 0.352 e. The minimum Gasteiger partial charge on any atom is -0.352 e. The molecule has 1 heterocycles. The van der Waals surface area contributed by atoms with Gasteiger partial charge in [-0.15, -0.1) is 0 Å². The third-order valence-corrected chi connectivity index (χ3v) is 4.96. The zero-order valence-corrected chi connectivity index (χ0v) is 14.8. The molecule has 0 bridgehead atoms. The summed E-state index contributed by atoms with van der Waals surface area (Å²) in [5.41, 5.74) is 5.05. The Bertz CT molecular complexity index is 417. The van der Waals surface area contributed by atoms with Crippen molar-refractivity contribution in [3.63, 3.8) is 0 Å². The highest BCUT2D eigenvalue weighted by Gasteiger charge is 2.30. The summed E-state index contributed by atoms with van der Waals surface area (Å²) in [7, 11) is 0. The van der Waals surface area contributed by atoms with Crippen molar-refractivity contribution in [1.29, 1.82) is 0 Å². The second-order valence-corrected chi connectivity index (χ2v) is 7.81. The fourth-order valence-corrected chi connectivity index (χ4v) is 3.40. The molecule has 1 aliphatic carbocycles. The van der Waals surface area contributed by atoms with Gasteiger partial charge in [0.2, 0.25) is 11.8 Å². The summed E-state index contributed by atoms with van der Waals surface area (Å²) in [5.74, 6) is 0.891. The Hall–Kier alpha value is -1.14. The molecular formula is C17H32N4O2. The van der Waals surface area contributed by atoms with Gasteiger partial charge in [-0.25, -0.2) is 0 Å². The highest BCUT2D eigenvalue weighted by atomic mass is 16.2. The molecule has 0 atom stereocenters. The van der Waals surface area contributed by atoms with Crippen molar-refractivity contribution < 1.29 is 9.59 Å². The van der Waals surface area contributed by atoms with Gasteiger partial charge in [-0.3, -0.25) is 14.5 Å². The molecule has 0 aromatic carbocycles. The van der Waals surface area contributed by atoms with E-state index in [1.54, 1.807) is 18.7 Å². The van der Waals surface area contributed by atoms with Crippen molar-refractivity contribution in [2.45, 2.75) is 58.0 Å². The lowest BCUT2D eigenvalue weighted by atomic mass is 9.87. The van der Waals surface area contributed by atoms with E-state index in [-0.39, 0.29) is 11.8 Å². The predicted octanol–water partition coefficient (Wildman–Crippen LogP) is 0.563. The van der Waals surface area contributed by atoms with Crippen molar-refractivity contribution in [3.8, 4) is 0 Å². The third-order valence-electron chi connectivity index (χ3n) is 4.96. The van der Waals surface area contributed by atoms with Crippen LogP contribution in [0.3, 0.4) is 0 Å². The lowest BCUT2D eigenvalue weighted by Crippen LogP contribution is -2.58. The molecule has 1 saturated carbocycles. The van der Waals surface area contributed by atoms with Gasteiger partial charge in [-0.05, 0) is 45.4 Å². The molecule has 0 aromatic rings. The molecule has 2 rings (SSSR count). The first-order valence-corrected chi connectivity index (χ1v) is 8.85. The molecule has 6 nitrogen and oxygen atoms in total. The van der Waals surface area contributed by atoms with Crippen LogP contribution in [0.25, 0.3) is 0 Å². The van der Waals surface area contributed by atoms with Crippen molar-refractivity contribution in [2.75, 3.05) is 32.7 Å². The first-order valence-electron chi connectivity index (χ1n) is 8.85. The summed E-state index contributed by atoms with van der Waals surface area (Å²) in [5, 5.41) is 3.16. The van der Waals surface area contributed by atoms with E-state index in [0.717, 1.165) is 31.8 Å². The Morgan fingerprint density at radius 2 is 1.65 bits per heavy atom. The van der Waals surface area contributed by atoms with Crippen LogP contribution in [0.1, 0.15) is 46.5 Å². The van der Waals surface area contributed by atoms with Gasteiger partial charge in [-0.1, -0.05) is 6.92 Å². The molecule has 2 fully saturated rings. The first-order chi connectivity index (χ1) is 10.8. The summed E-state index contributed by atoms with van der Waals surface area (Å²) in [4.78, 5) is 28.2. The number of hydrogen-bond donors (Lipinski definition) is 2. The second-order valence-electron chi connectivity index (χ2n) is 7.81. The molecule has 0 unspecified atom stereocenters. The molecule has 3 N–H and O–H groups in total. The van der Waals surface area contributed by atoms with Crippen molar-refractivity contribution in [3.05, 3.63) is 0 Å². The lowest BCUT2D eigenvalue weighted by Gasteiger charge is -2.37. The van der Waals surface area contributed by atoms with E-state index < -0.39 is 5.54 Å². The van der Waals surface area contributed by atoms with Crippen LogP contribution >= 0.6 is 0 Å². The fraction of sp³-hybridized carbons (Fsp3) is 0.882. The maximum Gasteiger partial charge on any atom is 0.242 e. The van der Waals surface area contributed by atoms with Crippen LogP contribution in [0.5, 0.6) is 0 Å². The number of piperazine rings is 1. The lowest BCUT2D eigenvalue weighted by molar-refractivity contribution is -0.137. The van der Waals surface area contributed by atoms with Gasteiger partial charge in [0.25, 0.3) is 0 Å². The average molecular weight is 324 g/mol. The minimum atomic E-state index is -0.822. The monoisotopic (exact) mass is 324 g/mol. The SMILES string of the molecule is CC1CCC(NC(=O)CN2CCN(C(=O)C(C)(C)N)CC2)CC1. The van der Waals surface area contributed by atoms with E-state index >= 15 is 0 Å². The maximum absolute atomic E-state index is 12.2. The molecule has 23 heavy (non-hydrogen) atoms. The Morgan fingerprint density at radius 1 is 1.09 bits per heavy atom. The van der Waals surface area contributed by atoms with Crippen LogP contribution in [0.15, 0.2) is 0 Å². The predicted molar refractivity (Wildman–Crippen MR) is 90.8 cm³/mol. The van der Waals surface area contributed by atoms with Crippen LogP contribution in [0.2, 0.25) is 0 Å². The quantitative estimate of drug-likeness (QED) is 0.792.